The first-order chi connectivity index (χ1) is 10.0. The predicted molar refractivity (Wildman–Crippen MR) is 84.9 cm³/mol. The Morgan fingerprint density at radius 1 is 1.24 bits per heavy atom. The standard InChI is InChI=1S/C16H23N3O2/c1-6-13-18-14(16(17)19(13)10(2)3)11-8-7-9-12(20-4)15(11)21-5/h7-10H,6,17H2,1-5H3. The van der Waals surface area contributed by atoms with Gasteiger partial charge < -0.3 is 19.8 Å². The number of hydrogen-bond acceptors (Lipinski definition) is 4. The van der Waals surface area contributed by atoms with Crippen LogP contribution >= 0.6 is 0 Å². The molecule has 2 rings (SSSR count). The van der Waals surface area contributed by atoms with E-state index < -0.39 is 0 Å². The van der Waals surface area contributed by atoms with Crippen molar-refractivity contribution < 1.29 is 9.47 Å². The monoisotopic (exact) mass is 289 g/mol. The second-order valence-electron chi connectivity index (χ2n) is 5.12. The van der Waals surface area contributed by atoms with Crippen LogP contribution in [0, 0.1) is 0 Å². The van der Waals surface area contributed by atoms with E-state index in [1.54, 1.807) is 14.2 Å². The maximum absolute atomic E-state index is 6.33. The van der Waals surface area contributed by atoms with Gasteiger partial charge in [0.2, 0.25) is 0 Å². The van der Waals surface area contributed by atoms with Crippen LogP contribution in [-0.2, 0) is 6.42 Å². The minimum atomic E-state index is 0.262. The summed E-state index contributed by atoms with van der Waals surface area (Å²) in [4.78, 5) is 4.71. The van der Waals surface area contributed by atoms with Gasteiger partial charge in [-0.25, -0.2) is 4.98 Å². The first-order valence-corrected chi connectivity index (χ1v) is 7.13. The van der Waals surface area contributed by atoms with Crippen molar-refractivity contribution in [3.63, 3.8) is 0 Å². The van der Waals surface area contributed by atoms with Gasteiger partial charge in [0.1, 0.15) is 17.3 Å². The van der Waals surface area contributed by atoms with E-state index in [0.717, 1.165) is 23.5 Å². The quantitative estimate of drug-likeness (QED) is 0.917. The maximum Gasteiger partial charge on any atom is 0.170 e. The van der Waals surface area contributed by atoms with Gasteiger partial charge in [0.15, 0.2) is 11.5 Å². The Hall–Kier alpha value is -2.17. The molecule has 0 aliphatic carbocycles. The molecule has 0 radical (unpaired) electrons. The van der Waals surface area contributed by atoms with Gasteiger partial charge in [0, 0.05) is 18.0 Å². The highest BCUT2D eigenvalue weighted by atomic mass is 16.5. The van der Waals surface area contributed by atoms with E-state index in [2.05, 4.69) is 25.3 Å². The molecule has 21 heavy (non-hydrogen) atoms. The fourth-order valence-corrected chi connectivity index (χ4v) is 2.59. The summed E-state index contributed by atoms with van der Waals surface area (Å²) in [7, 11) is 3.24. The summed E-state index contributed by atoms with van der Waals surface area (Å²) in [6.45, 7) is 6.28. The topological polar surface area (TPSA) is 62.3 Å². The van der Waals surface area contributed by atoms with Crippen LogP contribution in [0.5, 0.6) is 11.5 Å². The Kier molecular flexibility index (Phi) is 4.40. The minimum Gasteiger partial charge on any atom is -0.493 e. The van der Waals surface area contributed by atoms with E-state index in [1.807, 2.05) is 18.2 Å². The molecule has 0 fully saturated rings. The van der Waals surface area contributed by atoms with Gasteiger partial charge in [-0.15, -0.1) is 0 Å². The van der Waals surface area contributed by atoms with Gasteiger partial charge in [-0.05, 0) is 26.0 Å². The Morgan fingerprint density at radius 2 is 1.95 bits per heavy atom. The number of anilines is 1. The molecule has 1 aromatic heterocycles. The van der Waals surface area contributed by atoms with Gasteiger partial charge in [-0.1, -0.05) is 13.0 Å². The largest absolute Gasteiger partial charge is 0.493 e. The van der Waals surface area contributed by atoms with E-state index in [9.17, 15) is 0 Å². The molecule has 114 valence electrons. The molecule has 2 N–H and O–H groups in total. The number of nitrogens with two attached hydrogens (primary N) is 1. The van der Waals surface area contributed by atoms with Crippen molar-refractivity contribution in [3.05, 3.63) is 24.0 Å². The molecule has 0 amide bonds. The van der Waals surface area contributed by atoms with Crippen LogP contribution in [0.15, 0.2) is 18.2 Å². The van der Waals surface area contributed by atoms with Crippen LogP contribution in [0.1, 0.15) is 32.6 Å². The zero-order chi connectivity index (χ0) is 15.6. The second kappa shape index (κ2) is 6.08. The van der Waals surface area contributed by atoms with Gasteiger partial charge in [0.25, 0.3) is 0 Å². The number of nitrogens with zero attached hydrogens (tertiary/aromatic N) is 2. The van der Waals surface area contributed by atoms with Crippen LogP contribution in [0.4, 0.5) is 5.82 Å². The lowest BCUT2D eigenvalue weighted by Gasteiger charge is -2.14. The summed E-state index contributed by atoms with van der Waals surface area (Å²) in [5, 5.41) is 0. The highest BCUT2D eigenvalue weighted by molar-refractivity contribution is 5.78. The Labute approximate surface area is 125 Å². The number of imidazole rings is 1. The normalized spacial score (nSPS) is 11.0. The van der Waals surface area contributed by atoms with Crippen LogP contribution in [0.3, 0.4) is 0 Å². The molecule has 2 aromatic rings. The Bertz CT molecular complexity index is 633. The van der Waals surface area contributed by atoms with E-state index in [1.165, 1.54) is 0 Å². The fourth-order valence-electron chi connectivity index (χ4n) is 2.59. The number of rotatable bonds is 5. The Balaban J connectivity index is 2.68. The number of aryl methyl sites for hydroxylation is 1. The molecular formula is C16H23N3O2. The van der Waals surface area contributed by atoms with Crippen molar-refractivity contribution in [1.82, 2.24) is 9.55 Å². The second-order valence-corrected chi connectivity index (χ2v) is 5.12. The van der Waals surface area contributed by atoms with Gasteiger partial charge in [0.05, 0.1) is 14.2 Å². The third kappa shape index (κ3) is 2.55. The van der Waals surface area contributed by atoms with Crippen LogP contribution in [0.2, 0.25) is 0 Å². The van der Waals surface area contributed by atoms with E-state index in [-0.39, 0.29) is 6.04 Å². The number of nitrogen functional groups attached to an aromatic ring is 1. The summed E-state index contributed by atoms with van der Waals surface area (Å²) in [6.07, 6.45) is 0.828. The number of methoxy groups -OCH3 is 2. The molecule has 1 heterocycles. The smallest absolute Gasteiger partial charge is 0.170 e. The van der Waals surface area contributed by atoms with Crippen LogP contribution < -0.4 is 15.2 Å². The highest BCUT2D eigenvalue weighted by Gasteiger charge is 2.21. The molecule has 5 heteroatoms. The molecular weight excluding hydrogens is 266 g/mol. The Morgan fingerprint density at radius 3 is 2.43 bits per heavy atom. The molecule has 0 aliphatic rings. The van der Waals surface area contributed by atoms with Gasteiger partial charge in [-0.2, -0.15) is 0 Å². The number of hydrogen-bond donors (Lipinski definition) is 1. The average molecular weight is 289 g/mol. The zero-order valence-electron chi connectivity index (χ0n) is 13.3. The lowest BCUT2D eigenvalue weighted by Crippen LogP contribution is -2.09. The lowest BCUT2D eigenvalue weighted by molar-refractivity contribution is 0.356. The number of benzene rings is 1. The SMILES string of the molecule is CCc1nc(-c2cccc(OC)c2OC)c(N)n1C(C)C. The van der Waals surface area contributed by atoms with E-state index >= 15 is 0 Å². The summed E-state index contributed by atoms with van der Waals surface area (Å²) in [5.74, 6) is 2.96. The van der Waals surface area contributed by atoms with Crippen molar-refractivity contribution in [3.8, 4) is 22.8 Å². The first kappa shape index (κ1) is 15.2. The maximum atomic E-state index is 6.33. The fraction of sp³-hybridized carbons (Fsp3) is 0.438. The zero-order valence-corrected chi connectivity index (χ0v) is 13.3. The van der Waals surface area contributed by atoms with E-state index in [4.69, 9.17) is 20.2 Å². The summed E-state index contributed by atoms with van der Waals surface area (Å²) < 4.78 is 12.9. The summed E-state index contributed by atoms with van der Waals surface area (Å²) in [5.41, 5.74) is 7.93. The molecule has 0 saturated heterocycles. The third-order valence-corrected chi connectivity index (χ3v) is 3.51. The molecule has 0 aliphatic heterocycles. The third-order valence-electron chi connectivity index (χ3n) is 3.51. The molecule has 0 spiro atoms. The van der Waals surface area contributed by atoms with Crippen LogP contribution in [0.25, 0.3) is 11.3 Å². The first-order valence-electron chi connectivity index (χ1n) is 7.13. The molecule has 0 unspecified atom stereocenters. The number of para-hydroxylation sites is 1. The summed E-state index contributed by atoms with van der Waals surface area (Å²) >= 11 is 0. The van der Waals surface area contributed by atoms with Crippen LogP contribution in [-0.4, -0.2) is 23.8 Å². The van der Waals surface area contributed by atoms with E-state index in [0.29, 0.717) is 17.3 Å². The van der Waals surface area contributed by atoms with Crippen molar-refractivity contribution >= 4 is 5.82 Å². The summed E-state index contributed by atoms with van der Waals surface area (Å²) in [6, 6.07) is 5.98. The number of ether oxygens (including phenoxy) is 2. The average Bonchev–Trinajstić information content (AvgIpc) is 2.82. The molecule has 1 aromatic carbocycles. The van der Waals surface area contributed by atoms with Gasteiger partial charge >= 0.3 is 0 Å². The van der Waals surface area contributed by atoms with Crippen molar-refractivity contribution in [2.75, 3.05) is 20.0 Å². The molecule has 0 atom stereocenters. The van der Waals surface area contributed by atoms with Crippen molar-refractivity contribution in [1.29, 1.82) is 0 Å². The van der Waals surface area contributed by atoms with Gasteiger partial charge in [-0.3, -0.25) is 0 Å². The highest BCUT2D eigenvalue weighted by Crippen LogP contribution is 2.40. The number of aromatic nitrogens is 2. The molecule has 0 saturated carbocycles. The minimum absolute atomic E-state index is 0.262. The van der Waals surface area contributed by atoms with Crippen molar-refractivity contribution in [2.45, 2.75) is 33.2 Å². The van der Waals surface area contributed by atoms with Crippen molar-refractivity contribution in [2.24, 2.45) is 0 Å². The lowest BCUT2D eigenvalue weighted by atomic mass is 10.1. The molecule has 5 nitrogen and oxygen atoms in total. The predicted octanol–water partition coefficient (Wildman–Crippen LogP) is 3.29. The molecule has 0 bridgehead atoms.